The quantitative estimate of drug-likeness (QED) is 0.577. The molecule has 16 heavy (non-hydrogen) atoms. The molecular formula is C11H17N5. The van der Waals surface area contributed by atoms with Gasteiger partial charge in [-0.2, -0.15) is 0 Å². The van der Waals surface area contributed by atoms with Crippen molar-refractivity contribution in [3.63, 3.8) is 0 Å². The molecule has 0 atom stereocenters. The van der Waals surface area contributed by atoms with Crippen molar-refractivity contribution in [1.29, 1.82) is 5.41 Å². The number of nitrogen functional groups attached to an aromatic ring is 1. The molecule has 0 bridgehead atoms. The van der Waals surface area contributed by atoms with E-state index in [0.717, 1.165) is 12.4 Å². The first kappa shape index (κ1) is 10.9. The number of nitrogens with two attached hydrogens (primary N) is 1. The van der Waals surface area contributed by atoms with E-state index in [-0.39, 0.29) is 11.4 Å². The second-order valence-corrected chi connectivity index (χ2v) is 4.74. The van der Waals surface area contributed by atoms with Gasteiger partial charge in [-0.1, -0.05) is 0 Å². The van der Waals surface area contributed by atoms with Gasteiger partial charge in [0.2, 0.25) is 0 Å². The lowest BCUT2D eigenvalue weighted by molar-refractivity contribution is 0.514. The summed E-state index contributed by atoms with van der Waals surface area (Å²) in [6.07, 6.45) is 5.61. The fourth-order valence-corrected chi connectivity index (χ4v) is 2.13. The van der Waals surface area contributed by atoms with Crippen molar-refractivity contribution in [2.24, 2.45) is 5.73 Å². The SMILES string of the molecule is CC1(C)CCCN1c1cnc(C(=N)N)cn1. The molecule has 1 aliphatic heterocycles. The number of anilines is 1. The maximum atomic E-state index is 7.25. The zero-order valence-electron chi connectivity index (χ0n) is 9.70. The largest absolute Gasteiger partial charge is 0.382 e. The minimum absolute atomic E-state index is 0.0419. The summed E-state index contributed by atoms with van der Waals surface area (Å²) in [5, 5.41) is 7.25. The van der Waals surface area contributed by atoms with Gasteiger partial charge in [0, 0.05) is 12.1 Å². The van der Waals surface area contributed by atoms with Crippen molar-refractivity contribution in [1.82, 2.24) is 9.97 Å². The van der Waals surface area contributed by atoms with Crippen LogP contribution in [0.25, 0.3) is 0 Å². The minimum Gasteiger partial charge on any atom is -0.382 e. The monoisotopic (exact) mass is 219 g/mol. The summed E-state index contributed by atoms with van der Waals surface area (Å²) >= 11 is 0. The lowest BCUT2D eigenvalue weighted by Crippen LogP contribution is -2.38. The van der Waals surface area contributed by atoms with E-state index < -0.39 is 0 Å². The lowest BCUT2D eigenvalue weighted by atomic mass is 10.0. The molecule has 1 aromatic rings. The molecule has 0 aromatic carbocycles. The van der Waals surface area contributed by atoms with Gasteiger partial charge in [0.25, 0.3) is 0 Å². The third-order valence-electron chi connectivity index (χ3n) is 3.09. The molecule has 3 N–H and O–H groups in total. The molecule has 2 heterocycles. The topological polar surface area (TPSA) is 78.9 Å². The zero-order chi connectivity index (χ0) is 11.8. The summed E-state index contributed by atoms with van der Waals surface area (Å²) in [5.74, 6) is 0.826. The van der Waals surface area contributed by atoms with Crippen LogP contribution in [0.15, 0.2) is 12.4 Å². The molecule has 0 saturated carbocycles. The molecule has 86 valence electrons. The van der Waals surface area contributed by atoms with Crippen LogP contribution in [0.5, 0.6) is 0 Å². The molecule has 0 spiro atoms. The summed E-state index contributed by atoms with van der Waals surface area (Å²) < 4.78 is 0. The molecular weight excluding hydrogens is 202 g/mol. The summed E-state index contributed by atoms with van der Waals surface area (Å²) in [6.45, 7) is 5.43. The van der Waals surface area contributed by atoms with Gasteiger partial charge < -0.3 is 10.6 Å². The highest BCUT2D eigenvalue weighted by atomic mass is 15.3. The predicted octanol–water partition coefficient (Wildman–Crippen LogP) is 1.14. The van der Waals surface area contributed by atoms with Crippen LogP contribution in [-0.4, -0.2) is 27.9 Å². The van der Waals surface area contributed by atoms with E-state index in [1.165, 1.54) is 12.8 Å². The zero-order valence-corrected chi connectivity index (χ0v) is 9.70. The van der Waals surface area contributed by atoms with E-state index in [2.05, 4.69) is 28.7 Å². The van der Waals surface area contributed by atoms with Crippen LogP contribution in [0.3, 0.4) is 0 Å². The van der Waals surface area contributed by atoms with Crippen LogP contribution in [0.4, 0.5) is 5.82 Å². The van der Waals surface area contributed by atoms with Crippen molar-refractivity contribution in [3.8, 4) is 0 Å². The van der Waals surface area contributed by atoms with Crippen molar-refractivity contribution in [3.05, 3.63) is 18.1 Å². The smallest absolute Gasteiger partial charge is 0.147 e. The number of nitrogens with zero attached hydrogens (tertiary/aromatic N) is 3. The normalized spacial score (nSPS) is 18.8. The Hall–Kier alpha value is -1.65. The second kappa shape index (κ2) is 3.73. The molecule has 0 radical (unpaired) electrons. The highest BCUT2D eigenvalue weighted by molar-refractivity contribution is 5.92. The van der Waals surface area contributed by atoms with Crippen LogP contribution in [0.2, 0.25) is 0 Å². The summed E-state index contributed by atoms with van der Waals surface area (Å²) in [6, 6.07) is 0. The molecule has 1 saturated heterocycles. The van der Waals surface area contributed by atoms with Gasteiger partial charge in [0.1, 0.15) is 17.3 Å². The number of amidine groups is 1. The number of rotatable bonds is 2. The van der Waals surface area contributed by atoms with Gasteiger partial charge in [-0.15, -0.1) is 0 Å². The van der Waals surface area contributed by atoms with Gasteiger partial charge in [0.15, 0.2) is 0 Å². The Morgan fingerprint density at radius 2 is 2.19 bits per heavy atom. The Morgan fingerprint density at radius 3 is 2.62 bits per heavy atom. The molecule has 0 unspecified atom stereocenters. The molecule has 1 fully saturated rings. The average Bonchev–Trinajstić information content (AvgIpc) is 2.58. The maximum absolute atomic E-state index is 7.25. The van der Waals surface area contributed by atoms with Gasteiger partial charge in [-0.3, -0.25) is 5.41 Å². The molecule has 0 aliphatic carbocycles. The molecule has 1 aromatic heterocycles. The lowest BCUT2D eigenvalue weighted by Gasteiger charge is -2.32. The Balaban J connectivity index is 2.25. The third-order valence-corrected chi connectivity index (χ3v) is 3.09. The Morgan fingerprint density at radius 1 is 1.44 bits per heavy atom. The van der Waals surface area contributed by atoms with Gasteiger partial charge in [-0.05, 0) is 26.7 Å². The van der Waals surface area contributed by atoms with Crippen LogP contribution in [0.1, 0.15) is 32.4 Å². The summed E-state index contributed by atoms with van der Waals surface area (Å²) in [4.78, 5) is 10.7. The van der Waals surface area contributed by atoms with Gasteiger partial charge in [-0.25, -0.2) is 9.97 Å². The van der Waals surface area contributed by atoms with E-state index in [1.54, 1.807) is 12.4 Å². The molecule has 5 heteroatoms. The van der Waals surface area contributed by atoms with E-state index in [0.29, 0.717) is 5.69 Å². The van der Waals surface area contributed by atoms with E-state index in [1.807, 2.05) is 0 Å². The van der Waals surface area contributed by atoms with E-state index in [4.69, 9.17) is 11.1 Å². The van der Waals surface area contributed by atoms with Crippen LogP contribution in [-0.2, 0) is 0 Å². The number of nitrogens with one attached hydrogen (secondary N) is 1. The Kier molecular flexibility index (Phi) is 2.53. The minimum atomic E-state index is -0.0419. The Labute approximate surface area is 95.2 Å². The first-order chi connectivity index (χ1) is 7.50. The number of aromatic nitrogens is 2. The van der Waals surface area contributed by atoms with E-state index >= 15 is 0 Å². The molecule has 0 amide bonds. The molecule has 5 nitrogen and oxygen atoms in total. The van der Waals surface area contributed by atoms with Crippen molar-refractivity contribution >= 4 is 11.7 Å². The van der Waals surface area contributed by atoms with E-state index in [9.17, 15) is 0 Å². The Bertz CT molecular complexity index is 395. The predicted molar refractivity (Wildman–Crippen MR) is 63.7 cm³/mol. The van der Waals surface area contributed by atoms with Crippen molar-refractivity contribution in [2.75, 3.05) is 11.4 Å². The first-order valence-electron chi connectivity index (χ1n) is 5.45. The van der Waals surface area contributed by atoms with Gasteiger partial charge in [0.05, 0.1) is 12.4 Å². The summed E-state index contributed by atoms with van der Waals surface area (Å²) in [7, 11) is 0. The van der Waals surface area contributed by atoms with Crippen LogP contribution < -0.4 is 10.6 Å². The standard InChI is InChI=1S/C11H17N5/c1-11(2)4-3-5-16(11)9-7-14-8(6-15-9)10(12)13/h6-7H,3-5H2,1-2H3,(H3,12,13). The van der Waals surface area contributed by atoms with Crippen LogP contribution >= 0.6 is 0 Å². The fraction of sp³-hybridized carbons (Fsp3) is 0.545. The highest BCUT2D eigenvalue weighted by Crippen LogP contribution is 2.31. The highest BCUT2D eigenvalue weighted by Gasteiger charge is 2.32. The number of hydrogen-bond acceptors (Lipinski definition) is 4. The summed E-state index contributed by atoms with van der Waals surface area (Å²) in [5.41, 5.74) is 5.91. The molecule has 1 aliphatic rings. The third kappa shape index (κ3) is 1.85. The second-order valence-electron chi connectivity index (χ2n) is 4.74. The first-order valence-corrected chi connectivity index (χ1v) is 5.45. The van der Waals surface area contributed by atoms with Crippen molar-refractivity contribution in [2.45, 2.75) is 32.2 Å². The number of hydrogen-bond donors (Lipinski definition) is 2. The van der Waals surface area contributed by atoms with Crippen molar-refractivity contribution < 1.29 is 0 Å². The van der Waals surface area contributed by atoms with Gasteiger partial charge >= 0.3 is 0 Å². The maximum Gasteiger partial charge on any atom is 0.147 e. The fourth-order valence-electron chi connectivity index (χ4n) is 2.13. The molecule has 2 rings (SSSR count). The van der Waals surface area contributed by atoms with Crippen LogP contribution in [0, 0.1) is 5.41 Å². The average molecular weight is 219 g/mol.